The average molecular weight is 640 g/mol. The maximum Gasteiger partial charge on any atom is 0.161 e. The zero-order valence-corrected chi connectivity index (χ0v) is 27.0. The molecule has 3 heterocycles. The van der Waals surface area contributed by atoms with Crippen molar-refractivity contribution in [3.63, 3.8) is 0 Å². The number of aromatic nitrogens is 1. The van der Waals surface area contributed by atoms with E-state index in [-0.39, 0.29) is 0 Å². The molecule has 0 atom stereocenters. The van der Waals surface area contributed by atoms with Crippen LogP contribution in [0.4, 0.5) is 0 Å². The molecule has 0 fully saturated rings. The first-order valence-electron chi connectivity index (χ1n) is 16.8. The van der Waals surface area contributed by atoms with Crippen LogP contribution in [0.15, 0.2) is 156 Å². The second-order valence-electron chi connectivity index (χ2n) is 13.2. The molecular formula is C46H25NOS. The Bertz CT molecular complexity index is 3200. The van der Waals surface area contributed by atoms with Crippen molar-refractivity contribution in [2.75, 3.05) is 0 Å². The van der Waals surface area contributed by atoms with Crippen LogP contribution in [0, 0.1) is 0 Å². The second-order valence-corrected chi connectivity index (χ2v) is 14.2. The fraction of sp³-hybridized carbons (Fsp3) is 0. The summed E-state index contributed by atoms with van der Waals surface area (Å²) in [5.41, 5.74) is 13.0. The van der Waals surface area contributed by atoms with Crippen LogP contribution in [-0.2, 0) is 0 Å². The third kappa shape index (κ3) is 3.25. The van der Waals surface area contributed by atoms with Crippen LogP contribution in [0.2, 0.25) is 0 Å². The molecule has 2 nitrogen and oxygen atoms in total. The summed E-state index contributed by atoms with van der Waals surface area (Å²) in [7, 11) is 0. The minimum absolute atomic E-state index is 0.920. The number of thiophene rings is 1. The molecule has 226 valence electrons. The Balaban J connectivity index is 1.21. The summed E-state index contributed by atoms with van der Waals surface area (Å²) in [5, 5.41) is 10.1. The predicted octanol–water partition coefficient (Wildman–Crippen LogP) is 13.5. The van der Waals surface area contributed by atoms with Gasteiger partial charge in [-0.15, -0.1) is 11.3 Å². The highest BCUT2D eigenvalue weighted by Crippen LogP contribution is 2.52. The summed E-state index contributed by atoms with van der Waals surface area (Å²) < 4.78 is 11.9. The van der Waals surface area contributed by atoms with Crippen molar-refractivity contribution in [1.29, 1.82) is 0 Å². The van der Waals surface area contributed by atoms with E-state index in [9.17, 15) is 0 Å². The van der Waals surface area contributed by atoms with E-state index in [1.54, 1.807) is 0 Å². The number of benzene rings is 8. The van der Waals surface area contributed by atoms with E-state index in [4.69, 9.17) is 4.42 Å². The lowest BCUT2D eigenvalue weighted by atomic mass is 9.94. The van der Waals surface area contributed by atoms with Gasteiger partial charge in [-0.1, -0.05) is 121 Å². The Hall–Kier alpha value is -6.16. The molecule has 3 heteroatoms. The maximum atomic E-state index is 6.88. The SMILES string of the molecule is c1cc(-c2ccc3c4c(cccc24)-c2ccccc2-3)cc(-n2c3ccccc3c3c4c5ccccc5sc4c4c5ccccc5oc4c32)c1. The minimum atomic E-state index is 0.920. The molecule has 49 heavy (non-hydrogen) atoms. The number of fused-ring (bicyclic) bond motifs is 15. The summed E-state index contributed by atoms with van der Waals surface area (Å²) in [4.78, 5) is 0. The van der Waals surface area contributed by atoms with Crippen LogP contribution in [0.5, 0.6) is 0 Å². The van der Waals surface area contributed by atoms with Crippen LogP contribution in [0.1, 0.15) is 0 Å². The fourth-order valence-electron chi connectivity index (χ4n) is 8.76. The largest absolute Gasteiger partial charge is 0.454 e. The molecule has 0 unspecified atom stereocenters. The molecule has 12 rings (SSSR count). The van der Waals surface area contributed by atoms with Crippen LogP contribution in [0.25, 0.3) is 114 Å². The molecule has 0 spiro atoms. The molecule has 0 aliphatic heterocycles. The Labute approximate surface area is 284 Å². The second kappa shape index (κ2) is 9.25. The van der Waals surface area contributed by atoms with Gasteiger partial charge in [0, 0.05) is 47.4 Å². The van der Waals surface area contributed by atoms with Gasteiger partial charge in [-0.2, -0.15) is 0 Å². The van der Waals surface area contributed by atoms with Gasteiger partial charge in [0.15, 0.2) is 5.58 Å². The fourth-order valence-corrected chi connectivity index (χ4v) is 10.0. The number of furan rings is 1. The van der Waals surface area contributed by atoms with Crippen molar-refractivity contribution in [2.45, 2.75) is 0 Å². The van der Waals surface area contributed by atoms with Crippen molar-refractivity contribution in [3.05, 3.63) is 152 Å². The zero-order valence-electron chi connectivity index (χ0n) is 26.2. The molecule has 0 N–H and O–H groups in total. The Kier molecular flexibility index (Phi) is 4.89. The summed E-state index contributed by atoms with van der Waals surface area (Å²) in [5.74, 6) is 0. The lowest BCUT2D eigenvalue weighted by Gasteiger charge is -2.13. The highest BCUT2D eigenvalue weighted by atomic mass is 32.1. The smallest absolute Gasteiger partial charge is 0.161 e. The minimum Gasteiger partial charge on any atom is -0.454 e. The molecule has 3 aromatic heterocycles. The number of nitrogens with zero attached hydrogens (tertiary/aromatic N) is 1. The zero-order chi connectivity index (χ0) is 31.8. The molecule has 0 radical (unpaired) electrons. The molecule has 8 aromatic carbocycles. The highest BCUT2D eigenvalue weighted by Gasteiger charge is 2.26. The van der Waals surface area contributed by atoms with E-state index in [1.807, 2.05) is 11.3 Å². The van der Waals surface area contributed by atoms with E-state index in [0.29, 0.717) is 0 Å². The molecule has 11 aromatic rings. The van der Waals surface area contributed by atoms with Gasteiger partial charge in [-0.05, 0) is 74.5 Å². The van der Waals surface area contributed by atoms with Crippen molar-refractivity contribution in [1.82, 2.24) is 4.57 Å². The Morgan fingerprint density at radius 2 is 1.12 bits per heavy atom. The lowest BCUT2D eigenvalue weighted by Crippen LogP contribution is -1.95. The topological polar surface area (TPSA) is 18.1 Å². The third-order valence-corrected chi connectivity index (χ3v) is 11.9. The average Bonchev–Trinajstić information content (AvgIpc) is 3.91. The normalized spacial score (nSPS) is 12.5. The molecule has 1 aliphatic carbocycles. The van der Waals surface area contributed by atoms with E-state index < -0.39 is 0 Å². The van der Waals surface area contributed by atoms with Gasteiger partial charge in [0.2, 0.25) is 0 Å². The van der Waals surface area contributed by atoms with Gasteiger partial charge < -0.3 is 8.98 Å². The molecular weight excluding hydrogens is 615 g/mol. The van der Waals surface area contributed by atoms with Gasteiger partial charge in [-0.25, -0.2) is 0 Å². The van der Waals surface area contributed by atoms with E-state index in [1.165, 1.54) is 86.0 Å². The molecule has 1 aliphatic rings. The molecule has 0 saturated heterocycles. The summed E-state index contributed by atoms with van der Waals surface area (Å²) in [6.45, 7) is 0. The van der Waals surface area contributed by atoms with E-state index in [0.717, 1.165) is 27.8 Å². The maximum absolute atomic E-state index is 6.88. The van der Waals surface area contributed by atoms with E-state index in [2.05, 4.69) is 156 Å². The van der Waals surface area contributed by atoms with E-state index >= 15 is 0 Å². The van der Waals surface area contributed by atoms with Crippen molar-refractivity contribution >= 4 is 86.0 Å². The molecule has 0 bridgehead atoms. The standard InChI is InChI=1S/C46H25NOS/c1-2-14-30-29(13-1)32-19-10-18-31-28(23-24-33(30)40(31)32)26-11-9-12-27(25-26)47-37-20-6-3-15-34(37)41-42-36-17-5-8-22-39(36)49-46(42)43-35-16-4-7-21-38(35)48-45(43)44(41)47/h1-25H. The number of rotatable bonds is 2. The lowest BCUT2D eigenvalue weighted by molar-refractivity contribution is 0.671. The Morgan fingerprint density at radius 3 is 2.02 bits per heavy atom. The molecule has 0 amide bonds. The Morgan fingerprint density at radius 1 is 0.449 bits per heavy atom. The summed E-state index contributed by atoms with van der Waals surface area (Å²) in [6.07, 6.45) is 0. The predicted molar refractivity (Wildman–Crippen MR) is 208 cm³/mol. The highest BCUT2D eigenvalue weighted by molar-refractivity contribution is 7.27. The van der Waals surface area contributed by atoms with Crippen LogP contribution >= 0.6 is 11.3 Å². The van der Waals surface area contributed by atoms with Crippen molar-refractivity contribution < 1.29 is 4.42 Å². The first-order valence-corrected chi connectivity index (χ1v) is 17.6. The molecule has 0 saturated carbocycles. The van der Waals surface area contributed by atoms with Gasteiger partial charge in [0.1, 0.15) is 5.58 Å². The van der Waals surface area contributed by atoms with Crippen LogP contribution < -0.4 is 0 Å². The van der Waals surface area contributed by atoms with Crippen LogP contribution in [-0.4, -0.2) is 4.57 Å². The van der Waals surface area contributed by atoms with Gasteiger partial charge in [0.25, 0.3) is 0 Å². The number of hydrogen-bond donors (Lipinski definition) is 0. The third-order valence-electron chi connectivity index (χ3n) is 10.7. The first kappa shape index (κ1) is 25.9. The summed E-state index contributed by atoms with van der Waals surface area (Å²) >= 11 is 1.87. The van der Waals surface area contributed by atoms with Gasteiger partial charge >= 0.3 is 0 Å². The quantitative estimate of drug-likeness (QED) is 0.184. The number of para-hydroxylation sites is 2. The summed E-state index contributed by atoms with van der Waals surface area (Å²) in [6, 6.07) is 55.4. The monoisotopic (exact) mass is 639 g/mol. The van der Waals surface area contributed by atoms with Crippen molar-refractivity contribution in [2.24, 2.45) is 0 Å². The van der Waals surface area contributed by atoms with Crippen molar-refractivity contribution in [3.8, 4) is 39.1 Å². The first-order chi connectivity index (χ1) is 24.3. The van der Waals surface area contributed by atoms with Gasteiger partial charge in [-0.3, -0.25) is 0 Å². The number of hydrogen-bond acceptors (Lipinski definition) is 2. The van der Waals surface area contributed by atoms with Gasteiger partial charge in [0.05, 0.1) is 11.0 Å². The van der Waals surface area contributed by atoms with Crippen LogP contribution in [0.3, 0.4) is 0 Å².